The third-order valence-corrected chi connectivity index (χ3v) is 3.73. The van der Waals surface area contributed by atoms with E-state index in [9.17, 15) is 9.59 Å². The summed E-state index contributed by atoms with van der Waals surface area (Å²) < 4.78 is 2.48. The quantitative estimate of drug-likeness (QED) is 0.842. The van der Waals surface area contributed by atoms with Gasteiger partial charge in [0.15, 0.2) is 0 Å². The molecule has 0 amide bonds. The minimum absolute atomic E-state index is 0.185. The number of nitrogens with zero attached hydrogens (tertiary/aromatic N) is 3. The zero-order valence-electron chi connectivity index (χ0n) is 11.4. The molecule has 0 aliphatic carbocycles. The lowest BCUT2D eigenvalue weighted by Crippen LogP contribution is -2.40. The molecule has 20 heavy (non-hydrogen) atoms. The smallest absolute Gasteiger partial charge is 0.332 e. The molecule has 0 aromatic carbocycles. The van der Waals surface area contributed by atoms with Crippen molar-refractivity contribution in [3.63, 3.8) is 0 Å². The fraction of sp³-hybridized carbons (Fsp3) is 0.417. The highest BCUT2D eigenvalue weighted by Gasteiger charge is 2.14. The Balaban J connectivity index is 2.41. The topological polar surface area (TPSA) is 94.9 Å². The average molecular weight is 295 g/mol. The van der Waals surface area contributed by atoms with Crippen molar-refractivity contribution in [3.05, 3.63) is 37.4 Å². The molecule has 0 spiro atoms. The Morgan fingerprint density at radius 3 is 2.80 bits per heavy atom. The standard InChI is InChI=1S/C12H17N5O2S/c1-3-4-17-10(13)9(11(18)16(2)12(17)19)15-6-8-5-14-7-20-8/h5,7,15H,3-4,6,13H2,1-2H3. The number of hydrogen-bond donors (Lipinski definition) is 2. The van der Waals surface area contributed by atoms with E-state index < -0.39 is 11.2 Å². The number of hydrogen-bond acceptors (Lipinski definition) is 6. The first-order chi connectivity index (χ1) is 9.56. The molecule has 7 nitrogen and oxygen atoms in total. The first kappa shape index (κ1) is 14.3. The largest absolute Gasteiger partial charge is 0.383 e. The second-order valence-corrected chi connectivity index (χ2v) is 5.35. The van der Waals surface area contributed by atoms with Crippen molar-refractivity contribution in [2.24, 2.45) is 7.05 Å². The fourth-order valence-corrected chi connectivity index (χ4v) is 2.43. The maximum absolute atomic E-state index is 12.1. The third-order valence-electron chi connectivity index (χ3n) is 2.95. The van der Waals surface area contributed by atoms with Gasteiger partial charge in [0.1, 0.15) is 11.5 Å². The van der Waals surface area contributed by atoms with Crippen molar-refractivity contribution in [2.75, 3.05) is 11.1 Å². The van der Waals surface area contributed by atoms with Crippen LogP contribution in [0.5, 0.6) is 0 Å². The predicted octanol–water partition coefficient (Wildman–Crippen LogP) is 0.608. The van der Waals surface area contributed by atoms with Crippen LogP contribution in [-0.4, -0.2) is 14.1 Å². The summed E-state index contributed by atoms with van der Waals surface area (Å²) in [5.41, 5.74) is 7.13. The van der Waals surface area contributed by atoms with Gasteiger partial charge in [0.2, 0.25) is 0 Å². The number of rotatable bonds is 5. The summed E-state index contributed by atoms with van der Waals surface area (Å²) >= 11 is 1.48. The molecule has 0 atom stereocenters. The van der Waals surface area contributed by atoms with Crippen molar-refractivity contribution >= 4 is 22.8 Å². The average Bonchev–Trinajstić information content (AvgIpc) is 2.94. The van der Waals surface area contributed by atoms with Crippen molar-refractivity contribution in [3.8, 4) is 0 Å². The number of nitrogens with one attached hydrogen (secondary N) is 1. The Hall–Kier alpha value is -2.09. The summed E-state index contributed by atoms with van der Waals surface area (Å²) in [7, 11) is 1.45. The first-order valence-corrected chi connectivity index (χ1v) is 7.14. The van der Waals surface area contributed by atoms with Crippen molar-refractivity contribution in [1.82, 2.24) is 14.1 Å². The molecule has 8 heteroatoms. The van der Waals surface area contributed by atoms with Crippen LogP contribution in [-0.2, 0) is 20.1 Å². The van der Waals surface area contributed by atoms with Crippen LogP contribution < -0.4 is 22.3 Å². The number of nitrogens with two attached hydrogens (primary N) is 1. The van der Waals surface area contributed by atoms with Crippen LogP contribution in [0.3, 0.4) is 0 Å². The van der Waals surface area contributed by atoms with Gasteiger partial charge in [-0.2, -0.15) is 0 Å². The summed E-state index contributed by atoms with van der Waals surface area (Å²) in [6, 6.07) is 0. The zero-order valence-corrected chi connectivity index (χ0v) is 12.2. The highest BCUT2D eigenvalue weighted by molar-refractivity contribution is 7.09. The molecule has 0 fully saturated rings. The second-order valence-electron chi connectivity index (χ2n) is 4.38. The maximum Gasteiger partial charge on any atom is 0.332 e. The van der Waals surface area contributed by atoms with Crippen LogP contribution >= 0.6 is 11.3 Å². The Bertz CT molecular complexity index is 702. The molecule has 0 aliphatic heterocycles. The van der Waals surface area contributed by atoms with E-state index in [0.29, 0.717) is 13.1 Å². The van der Waals surface area contributed by atoms with E-state index in [0.717, 1.165) is 15.9 Å². The van der Waals surface area contributed by atoms with E-state index in [4.69, 9.17) is 5.73 Å². The molecule has 2 aromatic heterocycles. The van der Waals surface area contributed by atoms with Gasteiger partial charge in [-0.1, -0.05) is 6.92 Å². The number of anilines is 2. The van der Waals surface area contributed by atoms with Crippen LogP contribution in [0.15, 0.2) is 21.3 Å². The van der Waals surface area contributed by atoms with Gasteiger partial charge < -0.3 is 11.1 Å². The van der Waals surface area contributed by atoms with Crippen molar-refractivity contribution in [1.29, 1.82) is 0 Å². The van der Waals surface area contributed by atoms with Gasteiger partial charge in [-0.15, -0.1) is 11.3 Å². The lowest BCUT2D eigenvalue weighted by molar-refractivity contribution is 0.600. The monoisotopic (exact) mass is 295 g/mol. The second kappa shape index (κ2) is 5.91. The van der Waals surface area contributed by atoms with Crippen LogP contribution in [0, 0.1) is 0 Å². The van der Waals surface area contributed by atoms with E-state index in [-0.39, 0.29) is 11.5 Å². The van der Waals surface area contributed by atoms with Crippen LogP contribution in [0.2, 0.25) is 0 Å². The van der Waals surface area contributed by atoms with Crippen molar-refractivity contribution in [2.45, 2.75) is 26.4 Å². The molecule has 0 saturated carbocycles. The highest BCUT2D eigenvalue weighted by atomic mass is 32.1. The molecule has 2 heterocycles. The molecule has 0 aliphatic rings. The SMILES string of the molecule is CCCn1c(N)c(NCc2cncs2)c(=O)n(C)c1=O. The summed E-state index contributed by atoms with van der Waals surface area (Å²) in [5, 5.41) is 3.00. The summed E-state index contributed by atoms with van der Waals surface area (Å²) in [6.45, 7) is 2.88. The first-order valence-electron chi connectivity index (χ1n) is 6.26. The lowest BCUT2D eigenvalue weighted by atomic mass is 10.4. The Morgan fingerprint density at radius 1 is 1.45 bits per heavy atom. The minimum atomic E-state index is -0.413. The minimum Gasteiger partial charge on any atom is -0.383 e. The Labute approximate surface area is 119 Å². The predicted molar refractivity (Wildman–Crippen MR) is 80.1 cm³/mol. The molecule has 0 saturated heterocycles. The van der Waals surface area contributed by atoms with E-state index in [2.05, 4.69) is 10.3 Å². The lowest BCUT2D eigenvalue weighted by Gasteiger charge is -2.15. The molecule has 3 N–H and O–H groups in total. The molecule has 0 radical (unpaired) electrons. The third kappa shape index (κ3) is 2.60. The van der Waals surface area contributed by atoms with Gasteiger partial charge in [-0.05, 0) is 6.42 Å². The molecule has 108 valence electrons. The molecular weight excluding hydrogens is 278 g/mol. The number of nitrogen functional groups attached to an aromatic ring is 1. The summed E-state index contributed by atoms with van der Waals surface area (Å²) in [6.07, 6.45) is 2.48. The van der Waals surface area contributed by atoms with Crippen molar-refractivity contribution < 1.29 is 0 Å². The van der Waals surface area contributed by atoms with Crippen LogP contribution in [0.4, 0.5) is 11.5 Å². The maximum atomic E-state index is 12.1. The van der Waals surface area contributed by atoms with E-state index in [1.54, 1.807) is 11.7 Å². The van der Waals surface area contributed by atoms with Gasteiger partial charge in [0.05, 0.1) is 12.1 Å². The summed E-state index contributed by atoms with van der Waals surface area (Å²) in [4.78, 5) is 29.1. The molecule has 0 bridgehead atoms. The van der Waals surface area contributed by atoms with Crippen LogP contribution in [0.25, 0.3) is 0 Å². The van der Waals surface area contributed by atoms with Gasteiger partial charge in [0.25, 0.3) is 5.56 Å². The summed E-state index contributed by atoms with van der Waals surface area (Å²) in [5.74, 6) is 0.185. The van der Waals surface area contributed by atoms with Gasteiger partial charge in [-0.3, -0.25) is 18.9 Å². The van der Waals surface area contributed by atoms with Gasteiger partial charge in [-0.25, -0.2) is 4.79 Å². The van der Waals surface area contributed by atoms with E-state index in [1.807, 2.05) is 6.92 Å². The number of thiazole rings is 1. The Morgan fingerprint density at radius 2 is 2.20 bits per heavy atom. The number of aromatic nitrogens is 3. The highest BCUT2D eigenvalue weighted by Crippen LogP contribution is 2.14. The zero-order chi connectivity index (χ0) is 14.7. The Kier molecular flexibility index (Phi) is 4.23. The molecule has 2 aromatic rings. The molecule has 2 rings (SSSR count). The molecular formula is C12H17N5O2S. The molecule has 0 unspecified atom stereocenters. The van der Waals surface area contributed by atoms with E-state index in [1.165, 1.54) is 23.0 Å². The van der Waals surface area contributed by atoms with Crippen LogP contribution in [0.1, 0.15) is 18.2 Å². The normalized spacial score (nSPS) is 10.7. The van der Waals surface area contributed by atoms with E-state index >= 15 is 0 Å². The van der Waals surface area contributed by atoms with Gasteiger partial charge >= 0.3 is 5.69 Å². The van der Waals surface area contributed by atoms with Gasteiger partial charge in [0, 0.05) is 24.7 Å². The fourth-order valence-electron chi connectivity index (χ4n) is 1.89.